The minimum Gasteiger partial charge on any atom is -0.348 e. The Morgan fingerprint density at radius 1 is 1.20 bits per heavy atom. The number of halogens is 4. The zero-order valence-corrected chi connectivity index (χ0v) is 14.5. The molecule has 0 aromatic heterocycles. The number of carbonyl (C=O) groups is 1. The van der Waals surface area contributed by atoms with Crippen LogP contribution in [0.3, 0.4) is 0 Å². The van der Waals surface area contributed by atoms with Gasteiger partial charge in [0.15, 0.2) is 0 Å². The molecule has 0 spiro atoms. The first-order valence-corrected chi connectivity index (χ1v) is 8.51. The third-order valence-corrected chi connectivity index (χ3v) is 4.51. The van der Waals surface area contributed by atoms with Crippen molar-refractivity contribution in [2.24, 2.45) is 5.92 Å². The number of benzene rings is 1. The molecule has 1 saturated heterocycles. The van der Waals surface area contributed by atoms with Crippen LogP contribution < -0.4 is 5.32 Å². The molecule has 25 heavy (non-hydrogen) atoms. The fraction of sp³-hybridized carbons (Fsp3) is 0.611. The molecule has 0 bridgehead atoms. The van der Waals surface area contributed by atoms with E-state index in [-0.39, 0.29) is 23.1 Å². The molecule has 1 fully saturated rings. The number of hydrogen-bond acceptors (Lipinski definition) is 2. The molecule has 7 heteroatoms. The summed E-state index contributed by atoms with van der Waals surface area (Å²) < 4.78 is 51.7. The molecule has 1 amide bonds. The standard InChI is InChI=1S/C18H24F4N2O/c1-12(2)16(11-24-5-3-4-6-24)23-17(25)14-7-13(10-19)8-15(9-14)18(20,21)22/h7-9,12,16H,3-6,10-11H2,1-2H3,(H,23,25). The second-order valence-electron chi connectivity index (χ2n) is 6.88. The van der Waals surface area contributed by atoms with Gasteiger partial charge in [0.05, 0.1) is 5.56 Å². The maximum atomic E-state index is 12.9. The van der Waals surface area contributed by atoms with Crippen molar-refractivity contribution >= 4 is 5.91 Å². The lowest BCUT2D eigenvalue weighted by Crippen LogP contribution is -2.46. The monoisotopic (exact) mass is 360 g/mol. The Bertz CT molecular complexity index is 595. The van der Waals surface area contributed by atoms with Crippen molar-refractivity contribution < 1.29 is 22.4 Å². The van der Waals surface area contributed by atoms with Gasteiger partial charge in [-0.3, -0.25) is 4.79 Å². The van der Waals surface area contributed by atoms with Crippen molar-refractivity contribution in [3.8, 4) is 0 Å². The molecule has 1 unspecified atom stereocenters. The van der Waals surface area contributed by atoms with Gasteiger partial charge in [-0.1, -0.05) is 13.8 Å². The van der Waals surface area contributed by atoms with E-state index in [0.29, 0.717) is 6.54 Å². The normalized spacial score (nSPS) is 17.1. The van der Waals surface area contributed by atoms with E-state index in [1.54, 1.807) is 0 Å². The van der Waals surface area contributed by atoms with E-state index in [1.165, 1.54) is 6.07 Å². The van der Waals surface area contributed by atoms with E-state index in [0.717, 1.165) is 38.1 Å². The fourth-order valence-corrected chi connectivity index (χ4v) is 2.98. The van der Waals surface area contributed by atoms with Gasteiger partial charge in [0.25, 0.3) is 5.91 Å². The summed E-state index contributed by atoms with van der Waals surface area (Å²) in [7, 11) is 0. The van der Waals surface area contributed by atoms with Crippen molar-refractivity contribution in [1.29, 1.82) is 0 Å². The van der Waals surface area contributed by atoms with Gasteiger partial charge in [-0.2, -0.15) is 13.2 Å². The van der Waals surface area contributed by atoms with Crippen LogP contribution in [-0.4, -0.2) is 36.5 Å². The van der Waals surface area contributed by atoms with Crippen LogP contribution >= 0.6 is 0 Å². The van der Waals surface area contributed by atoms with Gasteiger partial charge in [0.1, 0.15) is 6.67 Å². The largest absolute Gasteiger partial charge is 0.416 e. The summed E-state index contributed by atoms with van der Waals surface area (Å²) in [5.41, 5.74) is -1.32. The molecule has 1 N–H and O–H groups in total. The number of rotatable bonds is 6. The minimum atomic E-state index is -4.62. The van der Waals surface area contributed by atoms with Gasteiger partial charge in [-0.05, 0) is 55.6 Å². The Labute approximate surface area is 145 Å². The summed E-state index contributed by atoms with van der Waals surface area (Å²) in [6, 6.07) is 2.52. The molecule has 2 rings (SSSR count). The number of likely N-dealkylation sites (tertiary alicyclic amines) is 1. The summed E-state index contributed by atoms with van der Waals surface area (Å²) in [5.74, 6) is -0.463. The maximum Gasteiger partial charge on any atom is 0.416 e. The second-order valence-corrected chi connectivity index (χ2v) is 6.88. The number of amides is 1. The van der Waals surface area contributed by atoms with Gasteiger partial charge >= 0.3 is 6.18 Å². The average Bonchev–Trinajstić information content (AvgIpc) is 3.05. The lowest BCUT2D eigenvalue weighted by molar-refractivity contribution is -0.137. The Kier molecular flexibility index (Phi) is 6.43. The van der Waals surface area contributed by atoms with Crippen LogP contribution in [0, 0.1) is 5.92 Å². The molecule has 1 aromatic carbocycles. The Hall–Kier alpha value is -1.63. The third kappa shape index (κ3) is 5.42. The molecule has 0 aliphatic carbocycles. The zero-order valence-electron chi connectivity index (χ0n) is 14.5. The predicted octanol–water partition coefficient (Wildman–Crippen LogP) is 4.03. The molecule has 3 nitrogen and oxygen atoms in total. The molecular formula is C18H24F4N2O. The van der Waals surface area contributed by atoms with Gasteiger partial charge in [0.2, 0.25) is 0 Å². The fourth-order valence-electron chi connectivity index (χ4n) is 2.98. The molecule has 1 atom stereocenters. The van der Waals surface area contributed by atoms with Crippen molar-refractivity contribution in [2.45, 2.75) is 45.6 Å². The number of alkyl halides is 4. The van der Waals surface area contributed by atoms with Gasteiger partial charge in [-0.25, -0.2) is 4.39 Å². The van der Waals surface area contributed by atoms with Crippen molar-refractivity contribution in [1.82, 2.24) is 10.2 Å². The van der Waals surface area contributed by atoms with Gasteiger partial charge in [0, 0.05) is 18.2 Å². The van der Waals surface area contributed by atoms with Crippen LogP contribution in [0.25, 0.3) is 0 Å². The van der Waals surface area contributed by atoms with E-state index < -0.39 is 24.3 Å². The Balaban J connectivity index is 2.17. The molecule has 0 radical (unpaired) electrons. The summed E-state index contributed by atoms with van der Waals surface area (Å²) in [6.45, 7) is 5.47. The minimum absolute atomic E-state index is 0.135. The molecule has 1 heterocycles. The van der Waals surface area contributed by atoms with Crippen LogP contribution in [0.15, 0.2) is 18.2 Å². The highest BCUT2D eigenvalue weighted by atomic mass is 19.4. The predicted molar refractivity (Wildman–Crippen MR) is 88.0 cm³/mol. The summed E-state index contributed by atoms with van der Waals surface area (Å²) >= 11 is 0. The van der Waals surface area contributed by atoms with Crippen molar-refractivity contribution in [3.05, 3.63) is 34.9 Å². The molecule has 140 valence electrons. The second kappa shape index (κ2) is 8.17. The van der Waals surface area contributed by atoms with E-state index >= 15 is 0 Å². The first-order chi connectivity index (χ1) is 11.7. The highest BCUT2D eigenvalue weighted by Gasteiger charge is 2.32. The highest BCUT2D eigenvalue weighted by molar-refractivity contribution is 5.94. The Morgan fingerprint density at radius 3 is 2.36 bits per heavy atom. The summed E-state index contributed by atoms with van der Waals surface area (Å²) in [6.07, 6.45) is -2.38. The highest BCUT2D eigenvalue weighted by Crippen LogP contribution is 2.31. The van der Waals surface area contributed by atoms with Crippen LogP contribution in [0.4, 0.5) is 17.6 Å². The maximum absolute atomic E-state index is 12.9. The summed E-state index contributed by atoms with van der Waals surface area (Å²) in [5, 5.41) is 2.82. The number of hydrogen-bond donors (Lipinski definition) is 1. The first-order valence-electron chi connectivity index (χ1n) is 8.51. The summed E-state index contributed by atoms with van der Waals surface area (Å²) in [4.78, 5) is 14.7. The zero-order chi connectivity index (χ0) is 18.6. The number of nitrogens with zero attached hydrogens (tertiary/aromatic N) is 1. The van der Waals surface area contributed by atoms with Crippen LogP contribution in [0.2, 0.25) is 0 Å². The van der Waals surface area contributed by atoms with Gasteiger partial charge < -0.3 is 10.2 Å². The van der Waals surface area contributed by atoms with E-state index in [1.807, 2.05) is 13.8 Å². The molecule has 1 aromatic rings. The van der Waals surface area contributed by atoms with E-state index in [4.69, 9.17) is 0 Å². The smallest absolute Gasteiger partial charge is 0.348 e. The van der Waals surface area contributed by atoms with Crippen LogP contribution in [-0.2, 0) is 12.9 Å². The Morgan fingerprint density at radius 2 is 1.84 bits per heavy atom. The molecule has 0 saturated carbocycles. The van der Waals surface area contributed by atoms with Crippen LogP contribution in [0.5, 0.6) is 0 Å². The topological polar surface area (TPSA) is 32.3 Å². The number of carbonyl (C=O) groups excluding carboxylic acids is 1. The average molecular weight is 360 g/mol. The van der Waals surface area contributed by atoms with Crippen LogP contribution in [0.1, 0.15) is 48.2 Å². The molecule has 1 aliphatic heterocycles. The SMILES string of the molecule is CC(C)C(CN1CCCC1)NC(=O)c1cc(CF)cc(C(F)(F)F)c1. The van der Waals surface area contributed by atoms with Crippen molar-refractivity contribution in [2.75, 3.05) is 19.6 Å². The molecule has 1 aliphatic rings. The van der Waals surface area contributed by atoms with Gasteiger partial charge in [-0.15, -0.1) is 0 Å². The first kappa shape index (κ1) is 19.7. The quantitative estimate of drug-likeness (QED) is 0.777. The lowest BCUT2D eigenvalue weighted by Gasteiger charge is -2.27. The lowest BCUT2D eigenvalue weighted by atomic mass is 10.0. The molecular weight excluding hydrogens is 336 g/mol. The third-order valence-electron chi connectivity index (χ3n) is 4.51. The number of nitrogens with one attached hydrogen (secondary N) is 1. The van der Waals surface area contributed by atoms with E-state index in [9.17, 15) is 22.4 Å². The van der Waals surface area contributed by atoms with E-state index in [2.05, 4.69) is 10.2 Å². The van der Waals surface area contributed by atoms with Crippen molar-refractivity contribution in [3.63, 3.8) is 0 Å².